The van der Waals surface area contributed by atoms with Crippen LogP contribution in [0.5, 0.6) is 0 Å². The monoisotopic (exact) mass is 803 g/mol. The fraction of sp³-hybridized carbons (Fsp3) is 0.0164. The molecule has 1 aliphatic rings. The van der Waals surface area contributed by atoms with Crippen LogP contribution in [0.1, 0.15) is 22.3 Å². The van der Waals surface area contributed by atoms with Crippen molar-refractivity contribution in [2.45, 2.75) is 5.41 Å². The van der Waals surface area contributed by atoms with Crippen LogP contribution in [-0.2, 0) is 5.41 Å². The average Bonchev–Trinajstić information content (AvgIpc) is 3.90. The summed E-state index contributed by atoms with van der Waals surface area (Å²) in [6.07, 6.45) is 0. The molecule has 1 heterocycles. The van der Waals surface area contributed by atoms with E-state index in [1.807, 2.05) is 12.1 Å². The molecule has 0 unspecified atom stereocenters. The van der Waals surface area contributed by atoms with E-state index in [1.54, 1.807) is 0 Å². The van der Waals surface area contributed by atoms with Gasteiger partial charge in [-0.2, -0.15) is 0 Å². The third-order valence-electron chi connectivity index (χ3n) is 13.0. The van der Waals surface area contributed by atoms with Crippen LogP contribution in [0.2, 0.25) is 0 Å². The highest BCUT2D eigenvalue weighted by Crippen LogP contribution is 2.56. The predicted molar refractivity (Wildman–Crippen MR) is 262 cm³/mol. The van der Waals surface area contributed by atoms with E-state index in [9.17, 15) is 0 Å². The van der Waals surface area contributed by atoms with Gasteiger partial charge in [0.2, 0.25) is 0 Å². The molecule has 0 saturated heterocycles. The van der Waals surface area contributed by atoms with Gasteiger partial charge < -0.3 is 9.32 Å². The van der Waals surface area contributed by atoms with Gasteiger partial charge in [0.25, 0.3) is 0 Å². The molecule has 1 aromatic heterocycles. The van der Waals surface area contributed by atoms with E-state index in [4.69, 9.17) is 4.42 Å². The van der Waals surface area contributed by atoms with Crippen LogP contribution in [0.4, 0.5) is 17.1 Å². The quantitative estimate of drug-likeness (QED) is 0.152. The van der Waals surface area contributed by atoms with Gasteiger partial charge in [0.05, 0.1) is 11.1 Å². The highest BCUT2D eigenvalue weighted by Gasteiger charge is 2.45. The summed E-state index contributed by atoms with van der Waals surface area (Å²) in [5.41, 5.74) is 19.3. The maximum absolute atomic E-state index is 6.59. The molecule has 11 aromatic rings. The van der Waals surface area contributed by atoms with E-state index in [0.29, 0.717) is 0 Å². The van der Waals surface area contributed by atoms with Crippen molar-refractivity contribution in [3.63, 3.8) is 0 Å². The van der Waals surface area contributed by atoms with E-state index in [-0.39, 0.29) is 0 Å². The first-order valence-electron chi connectivity index (χ1n) is 21.7. The lowest BCUT2D eigenvalue weighted by Crippen LogP contribution is -2.28. The van der Waals surface area contributed by atoms with E-state index in [2.05, 4.69) is 241 Å². The highest BCUT2D eigenvalue weighted by atomic mass is 16.3. The van der Waals surface area contributed by atoms with E-state index >= 15 is 0 Å². The fourth-order valence-electron chi connectivity index (χ4n) is 10.1. The smallest absolute Gasteiger partial charge is 0.159 e. The summed E-state index contributed by atoms with van der Waals surface area (Å²) < 4.78 is 6.59. The highest BCUT2D eigenvalue weighted by molar-refractivity contribution is 6.10. The van der Waals surface area contributed by atoms with Gasteiger partial charge in [-0.1, -0.05) is 206 Å². The summed E-state index contributed by atoms with van der Waals surface area (Å²) >= 11 is 0. The number of rotatable bonds is 8. The Kier molecular flexibility index (Phi) is 8.76. The predicted octanol–water partition coefficient (Wildman–Crippen LogP) is 16.4. The lowest BCUT2D eigenvalue weighted by Gasteiger charge is -2.34. The molecule has 2 heteroatoms. The molecule has 63 heavy (non-hydrogen) atoms. The SMILES string of the molecule is c1ccc(-c2ccc(N(c3ccc(-c4ccc(-c5cccc(C6(c7ccccc7)c7ccccc7-c7ccccc76)c5)cc4)cc3)c3cccc4c3oc3ccccc34)cc2)cc1. The minimum atomic E-state index is -0.431. The molecule has 0 saturated carbocycles. The normalized spacial score (nSPS) is 12.6. The number of anilines is 3. The first-order valence-corrected chi connectivity index (χ1v) is 21.7. The van der Waals surface area contributed by atoms with Gasteiger partial charge in [0.1, 0.15) is 5.58 Å². The van der Waals surface area contributed by atoms with Crippen LogP contribution in [0, 0.1) is 0 Å². The van der Waals surface area contributed by atoms with E-state index in [0.717, 1.165) is 44.6 Å². The average molecular weight is 804 g/mol. The summed E-state index contributed by atoms with van der Waals surface area (Å²) in [7, 11) is 0. The van der Waals surface area contributed by atoms with Crippen LogP contribution in [0.25, 0.3) is 66.4 Å². The Bertz CT molecular complexity index is 3370. The molecule has 12 rings (SSSR count). The molecule has 0 atom stereocenters. The number of fused-ring (bicyclic) bond motifs is 6. The summed E-state index contributed by atoms with van der Waals surface area (Å²) in [6, 6.07) is 90.0. The molecule has 0 amide bonds. The summed E-state index contributed by atoms with van der Waals surface area (Å²) in [4.78, 5) is 2.31. The Balaban J connectivity index is 0.903. The first-order chi connectivity index (χ1) is 31.2. The maximum atomic E-state index is 6.59. The molecular weight excluding hydrogens is 763 g/mol. The Hall–Kier alpha value is -8.20. The number of benzene rings is 10. The third-order valence-corrected chi connectivity index (χ3v) is 13.0. The molecule has 0 bridgehead atoms. The standard InChI is InChI=1S/C61H41NO/c1-3-15-42(16-4-1)44-33-37-50(38-34-44)62(58-27-14-24-55-54-23-9-12-28-59(54)63-60(55)58)51-39-35-45(36-40-51)43-29-31-46(32-30-43)47-17-13-20-49(41-47)61(48-18-5-2-6-19-48)56-25-10-7-21-52(56)53-22-8-11-26-57(53)61/h1-41H. The Morgan fingerprint density at radius 1 is 0.317 bits per heavy atom. The summed E-state index contributed by atoms with van der Waals surface area (Å²) in [5.74, 6) is 0. The van der Waals surface area contributed by atoms with Crippen LogP contribution in [0.15, 0.2) is 253 Å². The molecule has 0 aliphatic heterocycles. The Labute approximate surface area is 367 Å². The molecule has 0 N–H and O–H groups in total. The molecule has 2 nitrogen and oxygen atoms in total. The van der Waals surface area contributed by atoms with Gasteiger partial charge in [-0.15, -0.1) is 0 Å². The molecule has 296 valence electrons. The zero-order chi connectivity index (χ0) is 41.7. The van der Waals surface area contributed by atoms with Gasteiger partial charge in [-0.05, 0) is 109 Å². The van der Waals surface area contributed by atoms with Crippen LogP contribution >= 0.6 is 0 Å². The zero-order valence-electron chi connectivity index (χ0n) is 34.5. The van der Waals surface area contributed by atoms with Crippen molar-refractivity contribution in [2.24, 2.45) is 0 Å². The van der Waals surface area contributed by atoms with Crippen molar-refractivity contribution in [3.8, 4) is 44.5 Å². The van der Waals surface area contributed by atoms with Crippen molar-refractivity contribution in [1.29, 1.82) is 0 Å². The fourth-order valence-corrected chi connectivity index (χ4v) is 10.1. The van der Waals surface area contributed by atoms with Crippen molar-refractivity contribution in [1.82, 2.24) is 0 Å². The van der Waals surface area contributed by atoms with E-state index < -0.39 is 5.41 Å². The second kappa shape index (κ2) is 15.1. The van der Waals surface area contributed by atoms with Crippen LogP contribution in [-0.4, -0.2) is 0 Å². The molecule has 0 spiro atoms. The van der Waals surface area contributed by atoms with Gasteiger partial charge in [-0.3, -0.25) is 0 Å². The number of hydrogen-bond acceptors (Lipinski definition) is 2. The van der Waals surface area contributed by atoms with E-state index in [1.165, 1.54) is 61.2 Å². The van der Waals surface area contributed by atoms with Gasteiger partial charge in [0, 0.05) is 22.1 Å². The number of hydrogen-bond donors (Lipinski definition) is 0. The maximum Gasteiger partial charge on any atom is 0.159 e. The molecule has 1 aliphatic carbocycles. The second-order valence-corrected chi connectivity index (χ2v) is 16.4. The Morgan fingerprint density at radius 2 is 0.762 bits per heavy atom. The zero-order valence-corrected chi connectivity index (χ0v) is 34.5. The minimum Gasteiger partial charge on any atom is -0.454 e. The number of furan rings is 1. The Morgan fingerprint density at radius 3 is 1.40 bits per heavy atom. The third kappa shape index (κ3) is 6.02. The van der Waals surface area contributed by atoms with Crippen LogP contribution < -0.4 is 4.90 Å². The number of nitrogens with zero attached hydrogens (tertiary/aromatic N) is 1. The second-order valence-electron chi connectivity index (χ2n) is 16.4. The molecular formula is C61H41NO. The minimum absolute atomic E-state index is 0.431. The van der Waals surface area contributed by atoms with Gasteiger partial charge >= 0.3 is 0 Å². The van der Waals surface area contributed by atoms with Gasteiger partial charge in [0.15, 0.2) is 5.58 Å². The summed E-state index contributed by atoms with van der Waals surface area (Å²) in [6.45, 7) is 0. The molecule has 0 radical (unpaired) electrons. The molecule has 0 fully saturated rings. The molecule has 10 aromatic carbocycles. The number of para-hydroxylation sites is 2. The summed E-state index contributed by atoms with van der Waals surface area (Å²) in [5, 5.41) is 2.22. The lowest BCUT2D eigenvalue weighted by molar-refractivity contribution is 0.669. The van der Waals surface area contributed by atoms with Crippen LogP contribution in [0.3, 0.4) is 0 Å². The van der Waals surface area contributed by atoms with Crippen molar-refractivity contribution >= 4 is 39.0 Å². The van der Waals surface area contributed by atoms with Crippen molar-refractivity contribution < 1.29 is 4.42 Å². The lowest BCUT2D eigenvalue weighted by atomic mass is 9.67. The topological polar surface area (TPSA) is 16.4 Å². The van der Waals surface area contributed by atoms with Crippen molar-refractivity contribution in [3.05, 3.63) is 271 Å². The van der Waals surface area contributed by atoms with Gasteiger partial charge in [-0.25, -0.2) is 0 Å². The van der Waals surface area contributed by atoms with Crippen molar-refractivity contribution in [2.75, 3.05) is 4.90 Å². The first kappa shape index (κ1) is 36.6. The largest absolute Gasteiger partial charge is 0.454 e.